The maximum Gasteiger partial charge on any atom is 0.313 e. The van der Waals surface area contributed by atoms with Crippen LogP contribution in [0.15, 0.2) is 0 Å². The highest BCUT2D eigenvalue weighted by molar-refractivity contribution is 5.41. The molecule has 102 valence electrons. The van der Waals surface area contributed by atoms with E-state index >= 15 is 0 Å². The van der Waals surface area contributed by atoms with E-state index in [0.717, 1.165) is 13.0 Å². The van der Waals surface area contributed by atoms with E-state index in [2.05, 4.69) is 17.3 Å². The second kappa shape index (κ2) is 6.49. The number of hydrogen-bond acceptors (Lipinski definition) is 4. The summed E-state index contributed by atoms with van der Waals surface area (Å²) in [6, 6.07) is 0.212. The van der Waals surface area contributed by atoms with Crippen molar-refractivity contribution in [3.63, 3.8) is 0 Å². The van der Waals surface area contributed by atoms with Crippen molar-refractivity contribution in [2.75, 3.05) is 6.54 Å². The van der Waals surface area contributed by atoms with Gasteiger partial charge in [-0.15, -0.1) is 0 Å². The fourth-order valence-electron chi connectivity index (χ4n) is 2.04. The van der Waals surface area contributed by atoms with E-state index in [4.69, 9.17) is 0 Å². The highest BCUT2D eigenvalue weighted by Gasteiger charge is 2.26. The molecule has 6 nitrogen and oxygen atoms in total. The Morgan fingerprint density at radius 1 is 1.50 bits per heavy atom. The molecule has 1 aromatic rings. The second-order valence-corrected chi connectivity index (χ2v) is 4.54. The molecule has 0 amide bonds. The average molecular weight is 254 g/mol. The fraction of sp³-hybridized carbons (Fsp3) is 0.750. The third-order valence-corrected chi connectivity index (χ3v) is 2.97. The van der Waals surface area contributed by atoms with Crippen LogP contribution in [0.5, 0.6) is 0 Å². The summed E-state index contributed by atoms with van der Waals surface area (Å²) in [6.45, 7) is 6.95. The van der Waals surface area contributed by atoms with Gasteiger partial charge in [0.25, 0.3) is 0 Å². The van der Waals surface area contributed by atoms with Crippen molar-refractivity contribution in [3.8, 4) is 0 Å². The maximum atomic E-state index is 11.1. The van der Waals surface area contributed by atoms with Crippen LogP contribution in [0.4, 0.5) is 5.69 Å². The van der Waals surface area contributed by atoms with Crippen LogP contribution in [-0.2, 0) is 19.9 Å². The van der Waals surface area contributed by atoms with Gasteiger partial charge >= 0.3 is 5.69 Å². The highest BCUT2D eigenvalue weighted by Crippen LogP contribution is 2.24. The molecule has 1 unspecified atom stereocenters. The van der Waals surface area contributed by atoms with E-state index in [9.17, 15) is 10.1 Å². The average Bonchev–Trinajstić information content (AvgIpc) is 2.63. The Morgan fingerprint density at radius 3 is 2.67 bits per heavy atom. The summed E-state index contributed by atoms with van der Waals surface area (Å²) >= 11 is 0. The van der Waals surface area contributed by atoms with E-state index in [1.54, 1.807) is 11.7 Å². The molecule has 0 aliphatic rings. The summed E-state index contributed by atoms with van der Waals surface area (Å²) in [7, 11) is 1.77. The van der Waals surface area contributed by atoms with Gasteiger partial charge in [-0.2, -0.15) is 5.10 Å². The zero-order valence-corrected chi connectivity index (χ0v) is 11.6. The second-order valence-electron chi connectivity index (χ2n) is 4.54. The lowest BCUT2D eigenvalue weighted by Gasteiger charge is -2.12. The fourth-order valence-corrected chi connectivity index (χ4v) is 2.04. The molecule has 1 aromatic heterocycles. The van der Waals surface area contributed by atoms with Gasteiger partial charge in [-0.25, -0.2) is 0 Å². The molecule has 1 heterocycles. The first-order valence-electron chi connectivity index (χ1n) is 6.43. The van der Waals surface area contributed by atoms with Crippen LogP contribution in [-0.4, -0.2) is 27.3 Å². The van der Waals surface area contributed by atoms with Gasteiger partial charge in [-0.3, -0.25) is 14.8 Å². The van der Waals surface area contributed by atoms with E-state index in [1.165, 1.54) is 0 Å². The number of aryl methyl sites for hydroxylation is 2. The van der Waals surface area contributed by atoms with Crippen molar-refractivity contribution in [2.24, 2.45) is 7.05 Å². The van der Waals surface area contributed by atoms with Crippen LogP contribution in [0.1, 0.15) is 38.6 Å². The SMILES string of the molecule is CCCNC(C)Cc1c([N+](=O)[O-])c(CC)nn1C. The number of nitrogens with zero attached hydrogens (tertiary/aromatic N) is 3. The molecule has 0 radical (unpaired) electrons. The van der Waals surface area contributed by atoms with Crippen molar-refractivity contribution in [1.29, 1.82) is 0 Å². The van der Waals surface area contributed by atoms with Gasteiger partial charge in [0.15, 0.2) is 0 Å². The van der Waals surface area contributed by atoms with Crippen LogP contribution < -0.4 is 5.32 Å². The Labute approximate surface area is 108 Å². The van der Waals surface area contributed by atoms with E-state index in [0.29, 0.717) is 24.2 Å². The normalized spacial score (nSPS) is 12.7. The van der Waals surface area contributed by atoms with Crippen LogP contribution in [0.2, 0.25) is 0 Å². The predicted octanol–water partition coefficient (Wildman–Crippen LogP) is 1.82. The lowest BCUT2D eigenvalue weighted by atomic mass is 10.1. The monoisotopic (exact) mass is 254 g/mol. The molecule has 0 spiro atoms. The Kier molecular flexibility index (Phi) is 5.27. The third-order valence-electron chi connectivity index (χ3n) is 2.97. The first kappa shape index (κ1) is 14.6. The van der Waals surface area contributed by atoms with Gasteiger partial charge in [0.1, 0.15) is 11.4 Å². The number of nitro groups is 1. The molecule has 6 heteroatoms. The van der Waals surface area contributed by atoms with Crippen molar-refractivity contribution in [2.45, 2.75) is 46.1 Å². The standard InChI is InChI=1S/C12H22N4O2/c1-5-7-13-9(3)8-11-12(16(17)18)10(6-2)14-15(11)4/h9,13H,5-8H2,1-4H3. The summed E-state index contributed by atoms with van der Waals surface area (Å²) in [4.78, 5) is 10.8. The minimum absolute atomic E-state index is 0.185. The maximum absolute atomic E-state index is 11.1. The van der Waals surface area contributed by atoms with Crippen LogP contribution in [0.25, 0.3) is 0 Å². The smallest absolute Gasteiger partial charge is 0.313 e. The third kappa shape index (κ3) is 3.29. The van der Waals surface area contributed by atoms with Crippen molar-refractivity contribution >= 4 is 5.69 Å². The van der Waals surface area contributed by atoms with Gasteiger partial charge in [0, 0.05) is 19.5 Å². The van der Waals surface area contributed by atoms with Gasteiger partial charge in [0.2, 0.25) is 0 Å². The quantitative estimate of drug-likeness (QED) is 0.595. The molecule has 0 aliphatic carbocycles. The first-order valence-corrected chi connectivity index (χ1v) is 6.43. The Balaban J connectivity index is 2.93. The van der Waals surface area contributed by atoms with Crippen LogP contribution in [0, 0.1) is 10.1 Å². The van der Waals surface area contributed by atoms with Crippen LogP contribution in [0.3, 0.4) is 0 Å². The molecule has 0 saturated heterocycles. The lowest BCUT2D eigenvalue weighted by Crippen LogP contribution is -2.29. The van der Waals surface area contributed by atoms with E-state index in [1.807, 2.05) is 13.8 Å². The predicted molar refractivity (Wildman–Crippen MR) is 70.7 cm³/mol. The van der Waals surface area contributed by atoms with E-state index < -0.39 is 0 Å². The molecule has 0 fully saturated rings. The van der Waals surface area contributed by atoms with E-state index in [-0.39, 0.29) is 16.7 Å². The zero-order valence-electron chi connectivity index (χ0n) is 11.6. The largest absolute Gasteiger partial charge is 0.314 e. The minimum Gasteiger partial charge on any atom is -0.314 e. The zero-order chi connectivity index (χ0) is 13.7. The van der Waals surface area contributed by atoms with Gasteiger partial charge in [-0.1, -0.05) is 13.8 Å². The van der Waals surface area contributed by atoms with Crippen molar-refractivity contribution in [1.82, 2.24) is 15.1 Å². The molecule has 0 saturated carbocycles. The summed E-state index contributed by atoms with van der Waals surface area (Å²) in [5.74, 6) is 0. The number of hydrogen-bond donors (Lipinski definition) is 1. The molecule has 1 N–H and O–H groups in total. The Hall–Kier alpha value is -1.43. The minimum atomic E-state index is -0.312. The summed E-state index contributed by atoms with van der Waals surface area (Å²) in [5.41, 5.74) is 1.46. The molecular weight excluding hydrogens is 232 g/mol. The molecular formula is C12H22N4O2. The van der Waals surface area contributed by atoms with Gasteiger partial charge in [0.05, 0.1) is 4.92 Å². The summed E-state index contributed by atoms with van der Waals surface area (Å²) in [6.07, 6.45) is 2.26. The lowest BCUT2D eigenvalue weighted by molar-refractivity contribution is -0.386. The summed E-state index contributed by atoms with van der Waals surface area (Å²) < 4.78 is 1.64. The molecule has 1 rings (SSSR count). The van der Waals surface area contributed by atoms with Crippen molar-refractivity contribution < 1.29 is 4.92 Å². The Bertz CT molecular complexity index is 414. The molecule has 18 heavy (non-hydrogen) atoms. The molecule has 0 aliphatic heterocycles. The topological polar surface area (TPSA) is 73.0 Å². The number of rotatable bonds is 7. The van der Waals surface area contributed by atoms with Gasteiger partial charge < -0.3 is 5.32 Å². The number of aromatic nitrogens is 2. The van der Waals surface area contributed by atoms with Crippen LogP contribution >= 0.6 is 0 Å². The highest BCUT2D eigenvalue weighted by atomic mass is 16.6. The molecule has 0 aromatic carbocycles. The summed E-state index contributed by atoms with van der Waals surface area (Å²) in [5, 5.41) is 18.7. The van der Waals surface area contributed by atoms with Gasteiger partial charge in [-0.05, 0) is 26.3 Å². The molecule has 0 bridgehead atoms. The first-order chi connectivity index (χ1) is 8.51. The number of nitrogens with one attached hydrogen (secondary N) is 1. The van der Waals surface area contributed by atoms with Crippen molar-refractivity contribution in [3.05, 3.63) is 21.5 Å². The molecule has 1 atom stereocenters. The Morgan fingerprint density at radius 2 is 2.17 bits per heavy atom.